The van der Waals surface area contributed by atoms with Gasteiger partial charge in [-0.1, -0.05) is 31.5 Å². The molecular formula is C15H18N4O. The van der Waals surface area contributed by atoms with Gasteiger partial charge < -0.3 is 4.98 Å². The van der Waals surface area contributed by atoms with Crippen LogP contribution in [0.15, 0.2) is 41.5 Å². The summed E-state index contributed by atoms with van der Waals surface area (Å²) in [4.78, 5) is 19.2. The largest absolute Gasteiger partial charge is 0.311 e. The molecule has 0 aliphatic carbocycles. The lowest BCUT2D eigenvalue weighted by Gasteiger charge is -2.32. The van der Waals surface area contributed by atoms with Crippen molar-refractivity contribution in [2.24, 2.45) is 0 Å². The average molecular weight is 270 g/mol. The monoisotopic (exact) mass is 270 g/mol. The van der Waals surface area contributed by atoms with Gasteiger partial charge in [-0.2, -0.15) is 0 Å². The van der Waals surface area contributed by atoms with Gasteiger partial charge in [-0.25, -0.2) is 4.98 Å². The van der Waals surface area contributed by atoms with Crippen LogP contribution in [-0.4, -0.2) is 17.0 Å². The Balaban J connectivity index is 2.12. The number of benzene rings is 1. The van der Waals surface area contributed by atoms with E-state index in [-0.39, 0.29) is 11.6 Å². The van der Waals surface area contributed by atoms with Gasteiger partial charge in [-0.3, -0.25) is 14.8 Å². The molecule has 0 saturated carbocycles. The number of aromatic nitrogens is 2. The maximum atomic E-state index is 12.1. The van der Waals surface area contributed by atoms with Gasteiger partial charge in [-0.05, 0) is 18.6 Å². The molecule has 1 aromatic heterocycles. The molecule has 5 heteroatoms. The summed E-state index contributed by atoms with van der Waals surface area (Å²) in [6.45, 7) is 2.15. The van der Waals surface area contributed by atoms with Gasteiger partial charge in [0.05, 0.1) is 23.8 Å². The number of rotatable bonds is 3. The summed E-state index contributed by atoms with van der Waals surface area (Å²) >= 11 is 0. The molecule has 3 rings (SSSR count). The zero-order chi connectivity index (χ0) is 14.1. The first-order valence-electron chi connectivity index (χ1n) is 6.89. The minimum absolute atomic E-state index is 0.0861. The smallest absolute Gasteiger partial charge is 0.276 e. The van der Waals surface area contributed by atoms with Crippen LogP contribution < -0.4 is 15.6 Å². The maximum absolute atomic E-state index is 12.1. The molecule has 1 atom stereocenters. The molecule has 1 aliphatic rings. The Bertz CT molecular complexity index is 652. The van der Waals surface area contributed by atoms with E-state index >= 15 is 0 Å². The SMILES string of the molecule is CCCC1c2nc[nH]c(=O)c2N(C)N1c1ccccc1. The number of nitrogens with zero attached hydrogens (tertiary/aromatic N) is 3. The van der Waals surface area contributed by atoms with E-state index in [1.807, 2.05) is 30.3 Å². The van der Waals surface area contributed by atoms with Crippen molar-refractivity contribution in [2.75, 3.05) is 17.1 Å². The Morgan fingerprint density at radius 3 is 2.75 bits per heavy atom. The van der Waals surface area contributed by atoms with Gasteiger partial charge in [0.2, 0.25) is 0 Å². The van der Waals surface area contributed by atoms with Crippen molar-refractivity contribution < 1.29 is 0 Å². The molecule has 2 aromatic rings. The Morgan fingerprint density at radius 2 is 2.05 bits per heavy atom. The third kappa shape index (κ3) is 1.86. The molecule has 2 heterocycles. The van der Waals surface area contributed by atoms with E-state index in [0.29, 0.717) is 5.69 Å². The van der Waals surface area contributed by atoms with E-state index in [2.05, 4.69) is 34.0 Å². The number of para-hydroxylation sites is 1. The first-order chi connectivity index (χ1) is 9.74. The number of nitrogens with one attached hydrogen (secondary N) is 1. The second-order valence-electron chi connectivity index (χ2n) is 4.97. The summed E-state index contributed by atoms with van der Waals surface area (Å²) < 4.78 is 0. The van der Waals surface area contributed by atoms with E-state index in [1.165, 1.54) is 6.33 Å². The van der Waals surface area contributed by atoms with Gasteiger partial charge in [0.25, 0.3) is 5.56 Å². The highest BCUT2D eigenvalue weighted by molar-refractivity contribution is 5.66. The summed E-state index contributed by atoms with van der Waals surface area (Å²) in [5.41, 5.74) is 2.50. The Hall–Kier alpha value is -2.30. The fraction of sp³-hybridized carbons (Fsp3) is 0.333. The third-order valence-electron chi connectivity index (χ3n) is 3.70. The van der Waals surface area contributed by atoms with E-state index in [0.717, 1.165) is 24.2 Å². The lowest BCUT2D eigenvalue weighted by molar-refractivity contribution is 0.585. The quantitative estimate of drug-likeness (QED) is 0.931. The van der Waals surface area contributed by atoms with Crippen LogP contribution in [0.5, 0.6) is 0 Å². The predicted octanol–water partition coefficient (Wildman–Crippen LogP) is 2.48. The van der Waals surface area contributed by atoms with Crippen LogP contribution in [0.2, 0.25) is 0 Å². The van der Waals surface area contributed by atoms with Gasteiger partial charge in [0.15, 0.2) is 0 Å². The van der Waals surface area contributed by atoms with Crippen molar-refractivity contribution in [1.82, 2.24) is 9.97 Å². The zero-order valence-electron chi connectivity index (χ0n) is 11.7. The number of fused-ring (bicyclic) bond motifs is 1. The predicted molar refractivity (Wildman–Crippen MR) is 79.8 cm³/mol. The Morgan fingerprint density at radius 1 is 1.30 bits per heavy atom. The summed E-state index contributed by atoms with van der Waals surface area (Å²) in [5.74, 6) is 0. The minimum Gasteiger partial charge on any atom is -0.311 e. The summed E-state index contributed by atoms with van der Waals surface area (Å²) in [6, 6.07) is 10.2. The van der Waals surface area contributed by atoms with E-state index in [4.69, 9.17) is 0 Å². The standard InChI is InChI=1S/C15H18N4O/c1-3-7-12-13-14(15(20)17-10-16-13)18(2)19(12)11-8-5-4-6-9-11/h4-6,8-10,12H,3,7H2,1-2H3,(H,16,17,20). The van der Waals surface area contributed by atoms with Crippen LogP contribution in [0.1, 0.15) is 31.5 Å². The van der Waals surface area contributed by atoms with Crippen molar-refractivity contribution in [1.29, 1.82) is 0 Å². The number of hydrazine groups is 1. The van der Waals surface area contributed by atoms with Crippen LogP contribution in [0, 0.1) is 0 Å². The summed E-state index contributed by atoms with van der Waals surface area (Å²) in [7, 11) is 1.92. The van der Waals surface area contributed by atoms with Crippen LogP contribution >= 0.6 is 0 Å². The molecule has 20 heavy (non-hydrogen) atoms. The number of hydrogen-bond acceptors (Lipinski definition) is 4. The molecule has 0 spiro atoms. The normalized spacial score (nSPS) is 17.4. The minimum atomic E-state index is -0.0861. The van der Waals surface area contributed by atoms with Gasteiger partial charge >= 0.3 is 0 Å². The second kappa shape index (κ2) is 5.00. The van der Waals surface area contributed by atoms with Crippen LogP contribution in [-0.2, 0) is 0 Å². The van der Waals surface area contributed by atoms with E-state index < -0.39 is 0 Å². The highest BCUT2D eigenvalue weighted by Gasteiger charge is 2.37. The first kappa shape index (κ1) is 12.7. The lowest BCUT2D eigenvalue weighted by Crippen LogP contribution is -2.38. The molecule has 1 aromatic carbocycles. The fourth-order valence-electron chi connectivity index (χ4n) is 2.86. The molecule has 0 fully saturated rings. The van der Waals surface area contributed by atoms with Crippen molar-refractivity contribution in [2.45, 2.75) is 25.8 Å². The molecule has 1 N–H and O–H groups in total. The summed E-state index contributed by atoms with van der Waals surface area (Å²) in [5, 5.41) is 4.06. The van der Waals surface area contributed by atoms with Gasteiger partial charge in [0, 0.05) is 7.05 Å². The van der Waals surface area contributed by atoms with Gasteiger partial charge in [-0.15, -0.1) is 0 Å². The molecule has 5 nitrogen and oxygen atoms in total. The second-order valence-corrected chi connectivity index (χ2v) is 4.97. The summed E-state index contributed by atoms with van der Waals surface area (Å²) in [6.07, 6.45) is 3.49. The average Bonchev–Trinajstić information content (AvgIpc) is 2.75. The topological polar surface area (TPSA) is 52.2 Å². The molecule has 104 valence electrons. The molecule has 1 unspecified atom stereocenters. The first-order valence-corrected chi connectivity index (χ1v) is 6.89. The number of hydrogen-bond donors (Lipinski definition) is 1. The molecule has 0 saturated heterocycles. The lowest BCUT2D eigenvalue weighted by atomic mass is 10.1. The van der Waals surface area contributed by atoms with Crippen molar-refractivity contribution >= 4 is 11.4 Å². The molecular weight excluding hydrogens is 252 g/mol. The van der Waals surface area contributed by atoms with E-state index in [1.54, 1.807) is 0 Å². The molecule has 1 aliphatic heterocycles. The fourth-order valence-corrected chi connectivity index (χ4v) is 2.86. The highest BCUT2D eigenvalue weighted by atomic mass is 16.1. The molecule has 0 radical (unpaired) electrons. The van der Waals surface area contributed by atoms with Crippen LogP contribution in [0.4, 0.5) is 11.4 Å². The van der Waals surface area contributed by atoms with Crippen molar-refractivity contribution in [3.8, 4) is 0 Å². The highest BCUT2D eigenvalue weighted by Crippen LogP contribution is 2.40. The van der Waals surface area contributed by atoms with E-state index in [9.17, 15) is 4.79 Å². The van der Waals surface area contributed by atoms with Crippen molar-refractivity contribution in [3.63, 3.8) is 0 Å². The molecule has 0 amide bonds. The van der Waals surface area contributed by atoms with Crippen molar-refractivity contribution in [3.05, 3.63) is 52.7 Å². The van der Waals surface area contributed by atoms with Gasteiger partial charge in [0.1, 0.15) is 5.69 Å². The maximum Gasteiger partial charge on any atom is 0.276 e. The number of anilines is 2. The van der Waals surface area contributed by atoms with Crippen LogP contribution in [0.25, 0.3) is 0 Å². The third-order valence-corrected chi connectivity index (χ3v) is 3.70. The van der Waals surface area contributed by atoms with Crippen LogP contribution in [0.3, 0.4) is 0 Å². The Labute approximate surface area is 117 Å². The number of aromatic amines is 1. The number of H-pyrrole nitrogens is 1. The molecule has 0 bridgehead atoms. The Kier molecular flexibility index (Phi) is 3.18. The zero-order valence-corrected chi connectivity index (χ0v) is 11.7.